The molecule has 44 heavy (non-hydrogen) atoms. The van der Waals surface area contributed by atoms with Crippen molar-refractivity contribution in [3.63, 3.8) is 0 Å². The summed E-state index contributed by atoms with van der Waals surface area (Å²) >= 11 is 0. The fraction of sp³-hybridized carbons (Fsp3) is 0.645. The van der Waals surface area contributed by atoms with Gasteiger partial charge >= 0.3 is 6.09 Å². The van der Waals surface area contributed by atoms with Gasteiger partial charge in [0, 0.05) is 31.4 Å². The summed E-state index contributed by atoms with van der Waals surface area (Å²) in [5, 5.41) is 2.71. The summed E-state index contributed by atoms with van der Waals surface area (Å²) in [6.07, 6.45) is -1.26. The van der Waals surface area contributed by atoms with Gasteiger partial charge < -0.3 is 34.0 Å². The van der Waals surface area contributed by atoms with Crippen LogP contribution in [-0.2, 0) is 25.0 Å². The lowest BCUT2D eigenvalue weighted by molar-refractivity contribution is -0.139. The summed E-state index contributed by atoms with van der Waals surface area (Å²) in [5.41, 5.74) is -1.81. The first kappa shape index (κ1) is 31.8. The lowest BCUT2D eigenvalue weighted by Gasteiger charge is -2.35. The van der Waals surface area contributed by atoms with Gasteiger partial charge in [-0.15, -0.1) is 0 Å². The number of benzene rings is 1. The number of aromatic nitrogens is 2. The Morgan fingerprint density at radius 2 is 1.95 bits per heavy atom. The first-order valence-corrected chi connectivity index (χ1v) is 15.0. The predicted molar refractivity (Wildman–Crippen MR) is 155 cm³/mol. The SMILES string of the molecule is CC[C@@H]1[C@@H]2CN(C(=O)[C@H](C(C)(C)C)NC(=O)O[C@]3(C)C[C@H]3OCCCC(F)(F)c3nc4ccc(OC)cc4nc3O2)[C@@H]1C=O. The van der Waals surface area contributed by atoms with Crippen molar-refractivity contribution in [1.29, 1.82) is 0 Å². The van der Waals surface area contributed by atoms with Gasteiger partial charge in [-0.3, -0.25) is 4.79 Å². The molecular formula is C31H40F2N4O7. The molecule has 5 rings (SSSR count). The highest BCUT2D eigenvalue weighted by atomic mass is 19.3. The molecule has 0 radical (unpaired) electrons. The van der Waals surface area contributed by atoms with Gasteiger partial charge in [-0.25, -0.2) is 14.8 Å². The molecule has 1 saturated carbocycles. The van der Waals surface area contributed by atoms with E-state index in [9.17, 15) is 14.4 Å². The average Bonchev–Trinajstić information content (AvgIpc) is 3.45. The molecule has 2 aromatic rings. The Labute approximate surface area is 255 Å². The number of hydrogen-bond acceptors (Lipinski definition) is 9. The fourth-order valence-corrected chi connectivity index (χ4v) is 6.01. The zero-order valence-electron chi connectivity index (χ0n) is 25.9. The molecule has 2 amide bonds. The molecule has 240 valence electrons. The number of fused-ring (bicyclic) bond motifs is 5. The zero-order valence-corrected chi connectivity index (χ0v) is 25.9. The van der Waals surface area contributed by atoms with Crippen LogP contribution in [0.4, 0.5) is 13.6 Å². The minimum atomic E-state index is -3.44. The summed E-state index contributed by atoms with van der Waals surface area (Å²) in [7, 11) is 1.48. The van der Waals surface area contributed by atoms with Crippen molar-refractivity contribution < 1.29 is 42.1 Å². The number of alkyl halides is 2. The summed E-state index contributed by atoms with van der Waals surface area (Å²) in [5.74, 6) is -4.39. The monoisotopic (exact) mass is 618 g/mol. The third-order valence-electron chi connectivity index (χ3n) is 8.76. The van der Waals surface area contributed by atoms with Gasteiger partial charge in [-0.05, 0) is 37.3 Å². The Morgan fingerprint density at radius 3 is 2.61 bits per heavy atom. The second-order valence-electron chi connectivity index (χ2n) is 13.1. The average molecular weight is 619 g/mol. The van der Waals surface area contributed by atoms with Crippen LogP contribution in [0.1, 0.15) is 66.0 Å². The Balaban J connectivity index is 1.58. The number of carbonyl (C=O) groups is 3. The quantitative estimate of drug-likeness (QED) is 0.498. The maximum Gasteiger partial charge on any atom is 0.408 e. The van der Waals surface area contributed by atoms with Crippen molar-refractivity contribution in [2.75, 3.05) is 20.3 Å². The number of aldehydes is 1. The van der Waals surface area contributed by atoms with Crippen LogP contribution >= 0.6 is 0 Å². The topological polar surface area (TPSA) is 129 Å². The molecule has 1 saturated heterocycles. The molecule has 3 heterocycles. The second kappa shape index (κ2) is 11.7. The number of carbonyl (C=O) groups excluding carboxylic acids is 3. The minimum Gasteiger partial charge on any atom is -0.497 e. The number of amides is 2. The van der Waals surface area contributed by atoms with Crippen molar-refractivity contribution in [3.8, 4) is 11.6 Å². The van der Waals surface area contributed by atoms with Gasteiger partial charge in [-0.2, -0.15) is 8.78 Å². The molecule has 3 aliphatic rings. The largest absolute Gasteiger partial charge is 0.497 e. The van der Waals surface area contributed by atoms with E-state index >= 15 is 8.78 Å². The maximum absolute atomic E-state index is 15.9. The first-order chi connectivity index (χ1) is 20.7. The molecule has 2 bridgehead atoms. The molecule has 1 aromatic carbocycles. The lowest BCUT2D eigenvalue weighted by Crippen LogP contribution is -2.56. The summed E-state index contributed by atoms with van der Waals surface area (Å²) in [6.45, 7) is 8.82. The molecular weight excluding hydrogens is 578 g/mol. The Bertz CT molecular complexity index is 1430. The van der Waals surface area contributed by atoms with Crippen molar-refractivity contribution in [3.05, 3.63) is 23.9 Å². The summed E-state index contributed by atoms with van der Waals surface area (Å²) in [4.78, 5) is 49.6. The molecule has 13 heteroatoms. The van der Waals surface area contributed by atoms with Gasteiger partial charge in [0.15, 0.2) is 5.69 Å². The van der Waals surface area contributed by atoms with Gasteiger partial charge in [0.25, 0.3) is 5.92 Å². The number of nitrogens with zero attached hydrogens (tertiary/aromatic N) is 3. The first-order valence-electron chi connectivity index (χ1n) is 15.0. The normalized spacial score (nSPS) is 31.0. The van der Waals surface area contributed by atoms with Gasteiger partial charge in [0.1, 0.15) is 35.9 Å². The van der Waals surface area contributed by atoms with Crippen molar-refractivity contribution >= 4 is 29.3 Å². The highest BCUT2D eigenvalue weighted by molar-refractivity contribution is 5.89. The number of ether oxygens (including phenoxy) is 4. The third-order valence-corrected chi connectivity index (χ3v) is 8.76. The number of methoxy groups -OCH3 is 1. The second-order valence-corrected chi connectivity index (χ2v) is 13.1. The van der Waals surface area contributed by atoms with E-state index < -0.39 is 71.3 Å². The van der Waals surface area contributed by atoms with E-state index in [1.54, 1.807) is 45.9 Å². The highest BCUT2D eigenvalue weighted by Crippen LogP contribution is 2.44. The van der Waals surface area contributed by atoms with Crippen molar-refractivity contribution in [1.82, 2.24) is 20.2 Å². The van der Waals surface area contributed by atoms with Crippen LogP contribution in [-0.4, -0.2) is 83.3 Å². The molecule has 1 N–H and O–H groups in total. The van der Waals surface area contributed by atoms with E-state index in [1.807, 2.05) is 6.92 Å². The van der Waals surface area contributed by atoms with Crippen LogP contribution < -0.4 is 14.8 Å². The fourth-order valence-electron chi connectivity index (χ4n) is 6.01. The van der Waals surface area contributed by atoms with E-state index in [-0.39, 0.29) is 31.0 Å². The Hall–Kier alpha value is -3.61. The van der Waals surface area contributed by atoms with Crippen LogP contribution in [0.2, 0.25) is 0 Å². The number of halogens is 2. The molecule has 1 aromatic heterocycles. The lowest BCUT2D eigenvalue weighted by atomic mass is 9.85. The van der Waals surface area contributed by atoms with Crippen LogP contribution in [0.25, 0.3) is 11.0 Å². The number of rotatable bonds is 3. The van der Waals surface area contributed by atoms with Crippen molar-refractivity contribution in [2.24, 2.45) is 11.3 Å². The van der Waals surface area contributed by atoms with Crippen LogP contribution in [0.15, 0.2) is 18.2 Å². The predicted octanol–water partition coefficient (Wildman–Crippen LogP) is 4.40. The maximum atomic E-state index is 15.9. The summed E-state index contributed by atoms with van der Waals surface area (Å²) < 4.78 is 54.7. The van der Waals surface area contributed by atoms with Crippen LogP contribution in [0.5, 0.6) is 11.6 Å². The van der Waals surface area contributed by atoms with E-state index in [2.05, 4.69) is 15.3 Å². The Morgan fingerprint density at radius 1 is 1.20 bits per heavy atom. The highest BCUT2D eigenvalue weighted by Gasteiger charge is 2.56. The van der Waals surface area contributed by atoms with E-state index in [0.29, 0.717) is 30.4 Å². The van der Waals surface area contributed by atoms with Gasteiger partial charge in [0.05, 0.1) is 30.7 Å². The molecule has 2 fully saturated rings. The van der Waals surface area contributed by atoms with Crippen molar-refractivity contribution in [2.45, 2.75) is 96.1 Å². The molecule has 2 aliphatic heterocycles. The van der Waals surface area contributed by atoms with Crippen LogP contribution in [0.3, 0.4) is 0 Å². The standard InChI is InChI=1S/C31H40F2N4O7/c1-7-18-21(16-38)37-15-22(18)43-26-24(34-19-10-9-17(41-6)13-20(19)35-26)31(32,33)11-8-12-42-23-14-30(23,5)44-28(40)36-25(27(37)39)29(2,3)4/h9-10,13,16,18,21-23,25H,7-8,11-12,14-15H2,1-6H3,(H,36,40)/t18-,21+,22-,23+,25+,30+/m0/s1. The number of alkyl carbamates (subject to hydrolysis) is 1. The third kappa shape index (κ3) is 6.15. The van der Waals surface area contributed by atoms with Gasteiger partial charge in [0.2, 0.25) is 11.8 Å². The smallest absolute Gasteiger partial charge is 0.408 e. The summed E-state index contributed by atoms with van der Waals surface area (Å²) in [6, 6.07) is 2.76. The van der Waals surface area contributed by atoms with E-state index in [1.165, 1.54) is 12.0 Å². The molecule has 0 spiro atoms. The molecule has 11 nitrogen and oxygen atoms in total. The molecule has 6 atom stereocenters. The van der Waals surface area contributed by atoms with Crippen LogP contribution in [0, 0.1) is 11.3 Å². The van der Waals surface area contributed by atoms with E-state index in [4.69, 9.17) is 18.9 Å². The Kier molecular flexibility index (Phi) is 8.47. The number of hydrogen-bond donors (Lipinski definition) is 1. The number of nitrogens with one attached hydrogen (secondary N) is 1. The molecule has 1 aliphatic carbocycles. The molecule has 0 unspecified atom stereocenters. The minimum absolute atomic E-state index is 0.00382. The van der Waals surface area contributed by atoms with Gasteiger partial charge in [-0.1, -0.05) is 27.7 Å². The van der Waals surface area contributed by atoms with E-state index in [0.717, 1.165) is 0 Å². The zero-order chi connectivity index (χ0) is 32.0.